The van der Waals surface area contributed by atoms with Crippen LogP contribution in [0, 0.1) is 0 Å². The zero-order valence-corrected chi connectivity index (χ0v) is 10.4. The van der Waals surface area contributed by atoms with Gasteiger partial charge in [-0.25, -0.2) is 0 Å². The predicted molar refractivity (Wildman–Crippen MR) is 66.2 cm³/mol. The second kappa shape index (κ2) is 4.24. The average molecular weight is 224 g/mol. The van der Waals surface area contributed by atoms with E-state index in [1.165, 1.54) is 18.5 Å². The molecule has 2 heterocycles. The molecular weight excluding hydrogens is 204 g/mol. The summed E-state index contributed by atoms with van der Waals surface area (Å²) in [6.07, 6.45) is 2.24. The van der Waals surface area contributed by atoms with Gasteiger partial charge in [0.15, 0.2) is 0 Å². The normalized spacial score (nSPS) is 21.0. The lowest BCUT2D eigenvalue weighted by molar-refractivity contribution is 0.199. The van der Waals surface area contributed by atoms with Gasteiger partial charge in [-0.05, 0) is 36.8 Å². The van der Waals surface area contributed by atoms with Crippen LogP contribution in [-0.4, -0.2) is 23.5 Å². The van der Waals surface area contributed by atoms with Gasteiger partial charge in [0.25, 0.3) is 0 Å². The highest BCUT2D eigenvalue weighted by Gasteiger charge is 2.23. The lowest BCUT2D eigenvalue weighted by Crippen LogP contribution is -2.48. The molecule has 1 aliphatic rings. The Balaban J connectivity index is 1.98. The number of nitrogens with zero attached hydrogens (tertiary/aromatic N) is 1. The maximum atomic E-state index is 6.20. The summed E-state index contributed by atoms with van der Waals surface area (Å²) < 4.78 is 0. The van der Waals surface area contributed by atoms with Gasteiger partial charge < -0.3 is 5.73 Å². The average Bonchev–Trinajstić information content (AvgIpc) is 2.64. The minimum absolute atomic E-state index is 0.0342. The van der Waals surface area contributed by atoms with E-state index in [0.29, 0.717) is 0 Å². The van der Waals surface area contributed by atoms with Gasteiger partial charge in [-0.15, -0.1) is 11.3 Å². The van der Waals surface area contributed by atoms with Crippen molar-refractivity contribution in [3.05, 3.63) is 21.9 Å². The number of hydrogen-bond acceptors (Lipinski definition) is 3. The first-order chi connectivity index (χ1) is 7.11. The highest BCUT2D eigenvalue weighted by atomic mass is 32.1. The van der Waals surface area contributed by atoms with Gasteiger partial charge in [-0.2, -0.15) is 0 Å². The molecule has 84 valence electrons. The molecule has 0 fully saturated rings. The number of thiophene rings is 1. The maximum Gasteiger partial charge on any atom is 0.0252 e. The van der Waals surface area contributed by atoms with E-state index in [1.807, 2.05) is 11.3 Å². The second-order valence-corrected chi connectivity index (χ2v) is 5.84. The second-order valence-electron chi connectivity index (χ2n) is 4.84. The third kappa shape index (κ3) is 2.60. The van der Waals surface area contributed by atoms with Crippen molar-refractivity contribution in [1.29, 1.82) is 0 Å². The molecule has 0 saturated carbocycles. The molecule has 1 aromatic heterocycles. The molecule has 0 aromatic carbocycles. The Kier molecular flexibility index (Phi) is 3.14. The van der Waals surface area contributed by atoms with Gasteiger partial charge in [0.05, 0.1) is 0 Å². The maximum absolute atomic E-state index is 6.20. The number of rotatable bonds is 3. The molecule has 0 amide bonds. The highest BCUT2D eigenvalue weighted by molar-refractivity contribution is 7.10. The van der Waals surface area contributed by atoms with Crippen LogP contribution in [0.4, 0.5) is 0 Å². The Hall–Kier alpha value is -0.380. The summed E-state index contributed by atoms with van der Waals surface area (Å²) in [5, 5.41) is 2.20. The van der Waals surface area contributed by atoms with Crippen molar-refractivity contribution in [1.82, 2.24) is 4.90 Å². The minimum Gasteiger partial charge on any atom is -0.324 e. The third-order valence-electron chi connectivity index (χ3n) is 3.28. The summed E-state index contributed by atoms with van der Waals surface area (Å²) in [7, 11) is 0. The quantitative estimate of drug-likeness (QED) is 0.853. The standard InChI is InChI=1S/C12H20N2S/c1-3-12(2,13)9-14-6-4-11-10(8-14)5-7-15-11/h5,7H,3-4,6,8-9,13H2,1-2H3. The van der Waals surface area contributed by atoms with Crippen LogP contribution in [0.3, 0.4) is 0 Å². The molecule has 2 rings (SSSR count). The van der Waals surface area contributed by atoms with Crippen LogP contribution in [0.2, 0.25) is 0 Å². The number of nitrogens with two attached hydrogens (primary N) is 1. The lowest BCUT2D eigenvalue weighted by Gasteiger charge is -2.34. The smallest absolute Gasteiger partial charge is 0.0252 e. The van der Waals surface area contributed by atoms with Crippen molar-refractivity contribution in [3.63, 3.8) is 0 Å². The van der Waals surface area contributed by atoms with Crippen LogP contribution in [0.1, 0.15) is 30.7 Å². The molecule has 2 nitrogen and oxygen atoms in total. The van der Waals surface area contributed by atoms with Crippen LogP contribution in [0.5, 0.6) is 0 Å². The third-order valence-corrected chi connectivity index (χ3v) is 4.30. The Morgan fingerprint density at radius 2 is 2.40 bits per heavy atom. The summed E-state index contributed by atoms with van der Waals surface area (Å²) in [4.78, 5) is 4.06. The van der Waals surface area contributed by atoms with Crippen molar-refractivity contribution < 1.29 is 0 Å². The van der Waals surface area contributed by atoms with Crippen molar-refractivity contribution in [2.24, 2.45) is 5.73 Å². The van der Waals surface area contributed by atoms with Gasteiger partial charge in [0.2, 0.25) is 0 Å². The zero-order valence-electron chi connectivity index (χ0n) is 9.62. The van der Waals surface area contributed by atoms with Crippen LogP contribution < -0.4 is 5.73 Å². The molecule has 0 aliphatic carbocycles. The fourth-order valence-electron chi connectivity index (χ4n) is 2.06. The van der Waals surface area contributed by atoms with Crippen LogP contribution in [0.25, 0.3) is 0 Å². The SMILES string of the molecule is CCC(C)(N)CN1CCc2sccc2C1. The molecule has 0 bridgehead atoms. The fraction of sp³-hybridized carbons (Fsp3) is 0.667. The first-order valence-corrected chi connectivity index (χ1v) is 6.55. The van der Waals surface area contributed by atoms with Crippen molar-refractivity contribution in [2.75, 3.05) is 13.1 Å². The Morgan fingerprint density at radius 3 is 3.13 bits per heavy atom. The highest BCUT2D eigenvalue weighted by Crippen LogP contribution is 2.24. The van der Waals surface area contributed by atoms with Gasteiger partial charge in [-0.3, -0.25) is 4.90 Å². The summed E-state index contributed by atoms with van der Waals surface area (Å²) in [6.45, 7) is 7.58. The molecule has 2 N–H and O–H groups in total. The zero-order chi connectivity index (χ0) is 10.9. The molecule has 1 atom stereocenters. The van der Waals surface area contributed by atoms with E-state index in [1.54, 1.807) is 4.88 Å². The Morgan fingerprint density at radius 1 is 1.60 bits per heavy atom. The predicted octanol–water partition coefficient (Wildman–Crippen LogP) is 2.23. The van der Waals surface area contributed by atoms with Crippen molar-refractivity contribution >= 4 is 11.3 Å². The molecule has 1 aliphatic heterocycles. The molecule has 1 aromatic rings. The topological polar surface area (TPSA) is 29.3 Å². The van der Waals surface area contributed by atoms with Crippen LogP contribution >= 0.6 is 11.3 Å². The van der Waals surface area contributed by atoms with E-state index in [4.69, 9.17) is 5.73 Å². The fourth-order valence-corrected chi connectivity index (χ4v) is 2.95. The molecule has 1 unspecified atom stereocenters. The minimum atomic E-state index is -0.0342. The lowest BCUT2D eigenvalue weighted by atomic mass is 9.98. The van der Waals surface area contributed by atoms with Crippen LogP contribution in [-0.2, 0) is 13.0 Å². The van der Waals surface area contributed by atoms with Gasteiger partial charge in [0.1, 0.15) is 0 Å². The van der Waals surface area contributed by atoms with Crippen molar-refractivity contribution in [2.45, 2.75) is 38.8 Å². The van der Waals surface area contributed by atoms with E-state index in [0.717, 1.165) is 19.5 Å². The molecular formula is C12H20N2S. The van der Waals surface area contributed by atoms with Gasteiger partial charge in [0, 0.05) is 30.1 Å². The Labute approximate surface area is 96.1 Å². The monoisotopic (exact) mass is 224 g/mol. The number of fused-ring (bicyclic) bond motifs is 1. The van der Waals surface area contributed by atoms with Gasteiger partial charge in [-0.1, -0.05) is 6.92 Å². The molecule has 3 heteroatoms. The summed E-state index contributed by atoms with van der Waals surface area (Å²) in [5.41, 5.74) is 7.68. The largest absolute Gasteiger partial charge is 0.324 e. The molecule has 0 saturated heterocycles. The van der Waals surface area contributed by atoms with Gasteiger partial charge >= 0.3 is 0 Å². The van der Waals surface area contributed by atoms with Crippen LogP contribution in [0.15, 0.2) is 11.4 Å². The summed E-state index contributed by atoms with van der Waals surface area (Å²) in [5.74, 6) is 0. The number of hydrogen-bond donors (Lipinski definition) is 1. The van der Waals surface area contributed by atoms with E-state index in [2.05, 4.69) is 30.2 Å². The summed E-state index contributed by atoms with van der Waals surface area (Å²) in [6, 6.07) is 2.26. The Bertz CT molecular complexity index is 330. The van der Waals surface area contributed by atoms with E-state index in [-0.39, 0.29) is 5.54 Å². The summed E-state index contributed by atoms with van der Waals surface area (Å²) >= 11 is 1.89. The van der Waals surface area contributed by atoms with E-state index < -0.39 is 0 Å². The first kappa shape index (κ1) is 11.1. The van der Waals surface area contributed by atoms with E-state index >= 15 is 0 Å². The first-order valence-electron chi connectivity index (χ1n) is 5.67. The van der Waals surface area contributed by atoms with Crippen molar-refractivity contribution in [3.8, 4) is 0 Å². The molecule has 0 spiro atoms. The molecule has 0 radical (unpaired) electrons. The van der Waals surface area contributed by atoms with E-state index in [9.17, 15) is 0 Å². The molecule has 15 heavy (non-hydrogen) atoms.